The van der Waals surface area contributed by atoms with Crippen molar-refractivity contribution in [3.8, 4) is 23.1 Å². The van der Waals surface area contributed by atoms with E-state index in [0.29, 0.717) is 12.5 Å². The molecule has 0 aliphatic carbocycles. The second kappa shape index (κ2) is 6.03. The van der Waals surface area contributed by atoms with Gasteiger partial charge in [0, 0.05) is 44.3 Å². The lowest BCUT2D eigenvalue weighted by Crippen LogP contribution is -2.25. The third-order valence-electron chi connectivity index (χ3n) is 4.44. The molecule has 24 heavy (non-hydrogen) atoms. The van der Waals surface area contributed by atoms with Gasteiger partial charge < -0.3 is 18.6 Å². The summed E-state index contributed by atoms with van der Waals surface area (Å²) in [6.07, 6.45) is 8.52. The number of benzene rings is 1. The van der Waals surface area contributed by atoms with Crippen LogP contribution in [-0.2, 0) is 20.0 Å². The molecule has 3 heterocycles. The van der Waals surface area contributed by atoms with Crippen LogP contribution >= 0.6 is 0 Å². The zero-order chi connectivity index (χ0) is 16.5. The second-order valence-electron chi connectivity index (χ2n) is 6.09. The highest BCUT2D eigenvalue weighted by molar-refractivity contribution is 5.48. The van der Waals surface area contributed by atoms with E-state index in [0.717, 1.165) is 36.1 Å². The molecule has 0 saturated heterocycles. The molecule has 0 N–H and O–H groups in total. The van der Waals surface area contributed by atoms with Crippen molar-refractivity contribution in [3.63, 3.8) is 0 Å². The average Bonchev–Trinajstić information content (AvgIpc) is 3.22. The molecule has 6 nitrogen and oxygen atoms in total. The minimum atomic E-state index is 0.387. The van der Waals surface area contributed by atoms with E-state index in [1.807, 2.05) is 42.3 Å². The van der Waals surface area contributed by atoms with E-state index in [2.05, 4.69) is 20.6 Å². The van der Waals surface area contributed by atoms with Gasteiger partial charge in [-0.1, -0.05) is 12.1 Å². The number of hydrogen-bond acceptors (Lipinski definition) is 4. The third kappa shape index (κ3) is 2.54. The molecule has 4 rings (SSSR count). The summed E-state index contributed by atoms with van der Waals surface area (Å²) in [6, 6.07) is 6.06. The Hall–Kier alpha value is -2.76. The summed E-state index contributed by atoms with van der Waals surface area (Å²) in [6.45, 7) is 1.52. The summed E-state index contributed by atoms with van der Waals surface area (Å²) in [5, 5.41) is 0. The van der Waals surface area contributed by atoms with E-state index < -0.39 is 0 Å². The van der Waals surface area contributed by atoms with E-state index >= 15 is 0 Å². The van der Waals surface area contributed by atoms with Crippen LogP contribution in [0.1, 0.15) is 5.56 Å². The maximum Gasteiger partial charge on any atom is 0.176 e. The molecule has 6 heteroatoms. The zero-order valence-electron chi connectivity index (χ0n) is 13.8. The Balaban J connectivity index is 1.56. The van der Waals surface area contributed by atoms with E-state index in [-0.39, 0.29) is 0 Å². The van der Waals surface area contributed by atoms with Crippen LogP contribution in [0.15, 0.2) is 43.0 Å². The molecule has 0 fully saturated rings. The van der Waals surface area contributed by atoms with Gasteiger partial charge in [-0.3, -0.25) is 0 Å². The van der Waals surface area contributed by atoms with Crippen molar-refractivity contribution >= 4 is 0 Å². The van der Waals surface area contributed by atoms with Crippen LogP contribution in [0.3, 0.4) is 0 Å². The minimum absolute atomic E-state index is 0.387. The Bertz CT molecular complexity index is 852. The van der Waals surface area contributed by atoms with Crippen molar-refractivity contribution in [1.82, 2.24) is 19.1 Å². The molecular weight excluding hydrogens is 304 g/mol. The minimum Gasteiger partial charge on any atom is -0.493 e. The first-order valence-corrected chi connectivity index (χ1v) is 8.03. The molecule has 124 valence electrons. The Kier molecular flexibility index (Phi) is 3.72. The first-order valence-electron chi connectivity index (χ1n) is 8.03. The lowest BCUT2D eigenvalue weighted by molar-refractivity contribution is 0.198. The van der Waals surface area contributed by atoms with Crippen LogP contribution < -0.4 is 9.47 Å². The average molecular weight is 324 g/mol. The molecule has 1 unspecified atom stereocenters. The maximum atomic E-state index is 5.98. The molecule has 0 saturated carbocycles. The van der Waals surface area contributed by atoms with Crippen molar-refractivity contribution in [2.75, 3.05) is 13.7 Å². The van der Waals surface area contributed by atoms with Crippen LogP contribution in [0.5, 0.6) is 11.5 Å². The van der Waals surface area contributed by atoms with Gasteiger partial charge in [0.1, 0.15) is 0 Å². The summed E-state index contributed by atoms with van der Waals surface area (Å²) in [7, 11) is 3.66. The Morgan fingerprint density at radius 1 is 1.21 bits per heavy atom. The molecule has 1 atom stereocenters. The van der Waals surface area contributed by atoms with Gasteiger partial charge in [-0.15, -0.1) is 0 Å². The highest BCUT2D eigenvalue weighted by atomic mass is 16.5. The summed E-state index contributed by atoms with van der Waals surface area (Å²) in [5.74, 6) is 3.84. The van der Waals surface area contributed by atoms with Crippen molar-refractivity contribution < 1.29 is 9.47 Å². The number of methoxy groups -OCH3 is 1. The predicted octanol–water partition coefficient (Wildman–Crippen LogP) is 2.54. The molecule has 1 aliphatic heterocycles. The van der Waals surface area contributed by atoms with Gasteiger partial charge in [0.05, 0.1) is 13.7 Å². The molecule has 2 aromatic heterocycles. The summed E-state index contributed by atoms with van der Waals surface area (Å²) in [4.78, 5) is 8.88. The third-order valence-corrected chi connectivity index (χ3v) is 4.44. The molecular formula is C18H20N4O2. The van der Waals surface area contributed by atoms with Crippen LogP contribution in [0.2, 0.25) is 0 Å². The van der Waals surface area contributed by atoms with Crippen LogP contribution in [0.25, 0.3) is 11.6 Å². The van der Waals surface area contributed by atoms with Crippen molar-refractivity contribution in [3.05, 3.63) is 48.5 Å². The first kappa shape index (κ1) is 14.8. The number of rotatable bonds is 4. The van der Waals surface area contributed by atoms with E-state index in [9.17, 15) is 0 Å². The van der Waals surface area contributed by atoms with Gasteiger partial charge in [0.25, 0.3) is 0 Å². The van der Waals surface area contributed by atoms with Gasteiger partial charge in [-0.25, -0.2) is 9.97 Å². The molecule has 1 aromatic carbocycles. The molecule has 0 radical (unpaired) electrons. The van der Waals surface area contributed by atoms with Gasteiger partial charge in [0.2, 0.25) is 0 Å². The Morgan fingerprint density at radius 2 is 2.04 bits per heavy atom. The number of nitrogens with zero attached hydrogens (tertiary/aromatic N) is 4. The highest BCUT2D eigenvalue weighted by Crippen LogP contribution is 2.36. The topological polar surface area (TPSA) is 54.1 Å². The van der Waals surface area contributed by atoms with Gasteiger partial charge in [0.15, 0.2) is 23.1 Å². The van der Waals surface area contributed by atoms with Crippen LogP contribution in [0, 0.1) is 5.92 Å². The first-order chi connectivity index (χ1) is 11.8. The number of ether oxygens (including phenoxy) is 2. The van der Waals surface area contributed by atoms with Crippen molar-refractivity contribution in [1.29, 1.82) is 0 Å². The quantitative estimate of drug-likeness (QED) is 0.740. The SMILES string of the molecule is COc1cccc2c1OCC(Cn1ccnc1-c1nccn1C)C2. The monoisotopic (exact) mass is 324 g/mol. The fraction of sp³-hybridized carbons (Fsp3) is 0.333. The van der Waals surface area contributed by atoms with E-state index in [4.69, 9.17) is 9.47 Å². The number of para-hydroxylation sites is 1. The lowest BCUT2D eigenvalue weighted by atomic mass is 9.96. The highest BCUT2D eigenvalue weighted by Gasteiger charge is 2.24. The Morgan fingerprint density at radius 3 is 2.83 bits per heavy atom. The van der Waals surface area contributed by atoms with Crippen molar-refractivity contribution in [2.45, 2.75) is 13.0 Å². The Labute approximate surface area is 140 Å². The largest absolute Gasteiger partial charge is 0.493 e. The molecule has 1 aliphatic rings. The summed E-state index contributed by atoms with van der Waals surface area (Å²) in [5.41, 5.74) is 1.20. The molecule has 0 amide bonds. The maximum absolute atomic E-state index is 5.98. The fourth-order valence-electron chi connectivity index (χ4n) is 3.26. The van der Waals surface area contributed by atoms with Crippen LogP contribution in [0.4, 0.5) is 0 Å². The molecule has 3 aromatic rings. The second-order valence-corrected chi connectivity index (χ2v) is 6.09. The van der Waals surface area contributed by atoms with E-state index in [1.165, 1.54) is 5.56 Å². The zero-order valence-corrected chi connectivity index (χ0v) is 13.8. The normalized spacial score (nSPS) is 16.5. The predicted molar refractivity (Wildman–Crippen MR) is 90.1 cm³/mol. The van der Waals surface area contributed by atoms with Gasteiger partial charge in [-0.05, 0) is 18.1 Å². The number of imidazole rings is 2. The van der Waals surface area contributed by atoms with Crippen LogP contribution in [-0.4, -0.2) is 32.8 Å². The number of aromatic nitrogens is 4. The number of fused-ring (bicyclic) bond motifs is 1. The van der Waals surface area contributed by atoms with E-state index in [1.54, 1.807) is 13.3 Å². The number of hydrogen-bond donors (Lipinski definition) is 0. The number of aryl methyl sites for hydroxylation is 1. The van der Waals surface area contributed by atoms with Gasteiger partial charge >= 0.3 is 0 Å². The smallest absolute Gasteiger partial charge is 0.176 e. The standard InChI is InChI=1S/C18H20N4O2/c1-21-8-6-19-17(21)18-20-7-9-22(18)11-13-10-14-4-3-5-15(23-2)16(14)24-12-13/h3-9,13H,10-12H2,1-2H3. The summed E-state index contributed by atoms with van der Waals surface area (Å²) < 4.78 is 15.5. The van der Waals surface area contributed by atoms with Gasteiger partial charge in [-0.2, -0.15) is 0 Å². The summed E-state index contributed by atoms with van der Waals surface area (Å²) >= 11 is 0. The molecule has 0 bridgehead atoms. The van der Waals surface area contributed by atoms with Crippen molar-refractivity contribution in [2.24, 2.45) is 13.0 Å². The fourth-order valence-corrected chi connectivity index (χ4v) is 3.26. The lowest BCUT2D eigenvalue weighted by Gasteiger charge is -2.27. The molecule has 0 spiro atoms.